The first-order valence-corrected chi connectivity index (χ1v) is 11.0. The monoisotopic (exact) mass is 436 g/mol. The van der Waals surface area contributed by atoms with Crippen LogP contribution >= 0.6 is 22.9 Å². The molecule has 3 rings (SSSR count). The molecule has 6 nitrogen and oxygen atoms in total. The second kappa shape index (κ2) is 9.09. The Morgan fingerprint density at radius 2 is 1.86 bits per heavy atom. The second-order valence-corrected chi connectivity index (χ2v) is 8.97. The Balaban J connectivity index is 1.54. The SMILES string of the molecule is O=C(NCCOc1ccc(Cl)cc1)c1cccc(NS(=O)(=O)c2cccs2)c1. The molecule has 28 heavy (non-hydrogen) atoms. The highest BCUT2D eigenvalue weighted by Crippen LogP contribution is 2.21. The van der Waals surface area contributed by atoms with Crippen molar-refractivity contribution in [3.8, 4) is 5.75 Å². The zero-order valence-electron chi connectivity index (χ0n) is 14.6. The summed E-state index contributed by atoms with van der Waals surface area (Å²) in [6.45, 7) is 0.588. The predicted molar refractivity (Wildman–Crippen MR) is 111 cm³/mol. The number of rotatable bonds is 8. The highest BCUT2D eigenvalue weighted by atomic mass is 35.5. The summed E-state index contributed by atoms with van der Waals surface area (Å²) in [5, 5.41) is 5.04. The molecular weight excluding hydrogens is 420 g/mol. The highest BCUT2D eigenvalue weighted by Gasteiger charge is 2.16. The van der Waals surface area contributed by atoms with Gasteiger partial charge in [-0.1, -0.05) is 23.7 Å². The second-order valence-electron chi connectivity index (χ2n) is 5.68. The van der Waals surface area contributed by atoms with Crippen LogP contribution in [0.3, 0.4) is 0 Å². The van der Waals surface area contributed by atoms with Gasteiger partial charge in [-0.05, 0) is 53.9 Å². The van der Waals surface area contributed by atoms with E-state index in [1.165, 1.54) is 12.1 Å². The van der Waals surface area contributed by atoms with Crippen molar-refractivity contribution >= 4 is 44.6 Å². The van der Waals surface area contributed by atoms with Crippen LogP contribution in [0, 0.1) is 0 Å². The molecule has 3 aromatic rings. The maximum absolute atomic E-state index is 12.3. The lowest BCUT2D eigenvalue weighted by Crippen LogP contribution is -2.28. The smallest absolute Gasteiger partial charge is 0.271 e. The fourth-order valence-electron chi connectivity index (χ4n) is 2.31. The van der Waals surface area contributed by atoms with Crippen LogP contribution in [-0.4, -0.2) is 27.5 Å². The van der Waals surface area contributed by atoms with Crippen LogP contribution in [0.25, 0.3) is 0 Å². The standard InChI is InChI=1S/C19H17ClN2O4S2/c20-15-6-8-17(9-7-15)26-11-10-21-19(23)14-3-1-4-16(13-14)22-28(24,25)18-5-2-12-27-18/h1-9,12-13,22H,10-11H2,(H,21,23). The van der Waals surface area contributed by atoms with Gasteiger partial charge in [0.25, 0.3) is 15.9 Å². The van der Waals surface area contributed by atoms with Crippen molar-refractivity contribution < 1.29 is 17.9 Å². The Morgan fingerprint density at radius 1 is 1.07 bits per heavy atom. The van der Waals surface area contributed by atoms with E-state index in [4.69, 9.17) is 16.3 Å². The van der Waals surface area contributed by atoms with Crippen molar-refractivity contribution in [2.24, 2.45) is 0 Å². The molecular formula is C19H17ClN2O4S2. The molecule has 1 amide bonds. The van der Waals surface area contributed by atoms with Crippen molar-refractivity contribution in [3.63, 3.8) is 0 Å². The van der Waals surface area contributed by atoms with Gasteiger partial charge in [0.1, 0.15) is 16.6 Å². The molecule has 0 spiro atoms. The average Bonchev–Trinajstić information content (AvgIpc) is 3.22. The van der Waals surface area contributed by atoms with Crippen molar-refractivity contribution in [2.45, 2.75) is 4.21 Å². The minimum atomic E-state index is -3.66. The molecule has 0 aliphatic carbocycles. The highest BCUT2D eigenvalue weighted by molar-refractivity contribution is 7.94. The molecule has 0 saturated heterocycles. The third-order valence-corrected chi connectivity index (χ3v) is 6.64. The summed E-state index contributed by atoms with van der Waals surface area (Å²) >= 11 is 6.93. The van der Waals surface area contributed by atoms with Gasteiger partial charge in [-0.3, -0.25) is 9.52 Å². The summed E-state index contributed by atoms with van der Waals surface area (Å²) < 4.78 is 32.8. The number of thiophene rings is 1. The van der Waals surface area contributed by atoms with Gasteiger partial charge < -0.3 is 10.1 Å². The van der Waals surface area contributed by atoms with E-state index in [-0.39, 0.29) is 16.7 Å². The summed E-state index contributed by atoms with van der Waals surface area (Å²) in [5.74, 6) is 0.334. The zero-order valence-corrected chi connectivity index (χ0v) is 17.0. The molecule has 0 saturated carbocycles. The van der Waals surface area contributed by atoms with Crippen molar-refractivity contribution in [3.05, 3.63) is 76.6 Å². The van der Waals surface area contributed by atoms with Gasteiger partial charge in [0.15, 0.2) is 0 Å². The van der Waals surface area contributed by atoms with Crippen LogP contribution in [0.4, 0.5) is 5.69 Å². The Hall–Kier alpha value is -2.55. The number of sulfonamides is 1. The molecule has 146 valence electrons. The predicted octanol–water partition coefficient (Wildman–Crippen LogP) is 4.01. The molecule has 0 bridgehead atoms. The van der Waals surface area contributed by atoms with E-state index in [2.05, 4.69) is 10.0 Å². The third kappa shape index (κ3) is 5.48. The largest absolute Gasteiger partial charge is 0.492 e. The van der Waals surface area contributed by atoms with Gasteiger partial charge >= 0.3 is 0 Å². The molecule has 1 aromatic heterocycles. The summed E-state index contributed by atoms with van der Waals surface area (Å²) in [4.78, 5) is 12.3. The maximum atomic E-state index is 12.3. The van der Waals surface area contributed by atoms with Crippen LogP contribution in [0.1, 0.15) is 10.4 Å². The number of benzene rings is 2. The van der Waals surface area contributed by atoms with Crippen molar-refractivity contribution in [1.82, 2.24) is 5.32 Å². The van der Waals surface area contributed by atoms with E-state index in [0.29, 0.717) is 28.6 Å². The summed E-state index contributed by atoms with van der Waals surface area (Å²) in [6, 6.07) is 16.4. The first-order chi connectivity index (χ1) is 13.4. The number of hydrogen-bond acceptors (Lipinski definition) is 5. The molecule has 2 aromatic carbocycles. The topological polar surface area (TPSA) is 84.5 Å². The average molecular weight is 437 g/mol. The summed E-state index contributed by atoms with van der Waals surface area (Å²) in [5.41, 5.74) is 0.663. The van der Waals surface area contributed by atoms with E-state index in [0.717, 1.165) is 11.3 Å². The number of nitrogens with one attached hydrogen (secondary N) is 2. The van der Waals surface area contributed by atoms with Gasteiger partial charge in [-0.25, -0.2) is 8.42 Å². The van der Waals surface area contributed by atoms with Gasteiger partial charge in [-0.15, -0.1) is 11.3 Å². The lowest BCUT2D eigenvalue weighted by atomic mass is 10.2. The molecule has 1 heterocycles. The lowest BCUT2D eigenvalue weighted by molar-refractivity contribution is 0.0947. The first-order valence-electron chi connectivity index (χ1n) is 8.27. The van der Waals surface area contributed by atoms with Crippen LogP contribution < -0.4 is 14.8 Å². The normalized spacial score (nSPS) is 11.0. The summed E-state index contributed by atoms with van der Waals surface area (Å²) in [6.07, 6.45) is 0. The van der Waals surface area contributed by atoms with E-state index < -0.39 is 10.0 Å². The van der Waals surface area contributed by atoms with Gasteiger partial charge in [0, 0.05) is 16.3 Å². The van der Waals surface area contributed by atoms with Gasteiger partial charge in [-0.2, -0.15) is 0 Å². The third-order valence-electron chi connectivity index (χ3n) is 3.61. The maximum Gasteiger partial charge on any atom is 0.271 e. The van der Waals surface area contributed by atoms with Crippen LogP contribution in [0.5, 0.6) is 5.75 Å². The van der Waals surface area contributed by atoms with E-state index >= 15 is 0 Å². The Bertz CT molecular complexity index is 1040. The number of amides is 1. The Kier molecular flexibility index (Phi) is 6.56. The molecule has 0 aliphatic heterocycles. The van der Waals surface area contributed by atoms with Crippen LogP contribution in [-0.2, 0) is 10.0 Å². The molecule has 0 unspecified atom stereocenters. The number of hydrogen-bond donors (Lipinski definition) is 2. The fourth-order valence-corrected chi connectivity index (χ4v) is 4.48. The zero-order chi connectivity index (χ0) is 20.0. The number of carbonyl (C=O) groups excluding carboxylic acids is 1. The number of carbonyl (C=O) groups is 1. The number of ether oxygens (including phenoxy) is 1. The molecule has 0 atom stereocenters. The van der Waals surface area contributed by atoms with E-state index in [1.54, 1.807) is 53.9 Å². The molecule has 0 aliphatic rings. The van der Waals surface area contributed by atoms with Gasteiger partial charge in [0.2, 0.25) is 0 Å². The summed E-state index contributed by atoms with van der Waals surface area (Å²) in [7, 11) is -3.66. The Morgan fingerprint density at radius 3 is 2.57 bits per heavy atom. The first kappa shape index (κ1) is 20.2. The van der Waals surface area contributed by atoms with Crippen LogP contribution in [0.2, 0.25) is 5.02 Å². The van der Waals surface area contributed by atoms with Crippen LogP contribution in [0.15, 0.2) is 70.3 Å². The fraction of sp³-hybridized carbons (Fsp3) is 0.105. The van der Waals surface area contributed by atoms with Crippen molar-refractivity contribution in [1.29, 1.82) is 0 Å². The van der Waals surface area contributed by atoms with E-state index in [9.17, 15) is 13.2 Å². The quantitative estimate of drug-likeness (QED) is 0.522. The molecule has 0 radical (unpaired) electrons. The molecule has 0 fully saturated rings. The van der Waals surface area contributed by atoms with E-state index in [1.807, 2.05) is 0 Å². The minimum absolute atomic E-state index is 0.210. The lowest BCUT2D eigenvalue weighted by Gasteiger charge is -2.10. The number of halogens is 1. The Labute approximate surface area is 172 Å². The van der Waals surface area contributed by atoms with Crippen molar-refractivity contribution in [2.75, 3.05) is 17.9 Å². The number of anilines is 1. The molecule has 2 N–H and O–H groups in total. The minimum Gasteiger partial charge on any atom is -0.492 e. The van der Waals surface area contributed by atoms with Gasteiger partial charge in [0.05, 0.1) is 6.54 Å². The molecule has 9 heteroatoms.